The van der Waals surface area contributed by atoms with Crippen LogP contribution >= 0.6 is 0 Å². The Morgan fingerprint density at radius 2 is 1.62 bits per heavy atom. The lowest BCUT2D eigenvalue weighted by Gasteiger charge is -2.13. The summed E-state index contributed by atoms with van der Waals surface area (Å²) in [4.78, 5) is 12.7. The van der Waals surface area contributed by atoms with Crippen molar-refractivity contribution in [2.75, 3.05) is 27.9 Å². The summed E-state index contributed by atoms with van der Waals surface area (Å²) in [5.41, 5.74) is 0.492. The number of hydrogen-bond donors (Lipinski definition) is 0. The highest BCUT2D eigenvalue weighted by molar-refractivity contribution is 6.05. The average molecular weight is 352 g/mol. The molecule has 134 valence electrons. The summed E-state index contributed by atoms with van der Waals surface area (Å²) in [5.74, 6) is 2.06. The molecule has 3 aromatic carbocycles. The normalized spacial score (nSPS) is 10.4. The number of methoxy groups -OCH3 is 3. The Morgan fingerprint density at radius 1 is 0.846 bits per heavy atom. The zero-order valence-corrected chi connectivity index (χ0v) is 14.9. The summed E-state index contributed by atoms with van der Waals surface area (Å²) in [6, 6.07) is 16.6. The van der Waals surface area contributed by atoms with Gasteiger partial charge in [0.25, 0.3) is 0 Å². The van der Waals surface area contributed by atoms with Crippen molar-refractivity contribution in [2.45, 2.75) is 0 Å². The molecule has 0 amide bonds. The van der Waals surface area contributed by atoms with Gasteiger partial charge in [0.05, 0.1) is 26.9 Å². The second-order valence-electron chi connectivity index (χ2n) is 5.60. The molecule has 0 bridgehead atoms. The van der Waals surface area contributed by atoms with Crippen LogP contribution in [-0.4, -0.2) is 33.7 Å². The zero-order valence-electron chi connectivity index (χ0n) is 14.9. The molecule has 0 radical (unpaired) electrons. The van der Waals surface area contributed by atoms with Crippen molar-refractivity contribution >= 4 is 16.6 Å². The molecule has 0 N–H and O–H groups in total. The standard InChI is InChI=1S/C21H20O5/c1-23-19-11-9-15(12-20(19)24-2)26-13-18(22)17-10-8-14-6-4-5-7-16(14)21(17)25-3/h4-12H,13H2,1-3H3. The van der Waals surface area contributed by atoms with Gasteiger partial charge < -0.3 is 18.9 Å². The lowest BCUT2D eigenvalue weighted by Crippen LogP contribution is -2.13. The van der Waals surface area contributed by atoms with Crippen LogP contribution in [0.1, 0.15) is 10.4 Å². The predicted octanol–water partition coefficient (Wildman–Crippen LogP) is 4.13. The van der Waals surface area contributed by atoms with E-state index < -0.39 is 0 Å². The molecule has 3 rings (SSSR count). The van der Waals surface area contributed by atoms with Crippen LogP contribution in [0.4, 0.5) is 0 Å². The van der Waals surface area contributed by atoms with Gasteiger partial charge >= 0.3 is 0 Å². The molecule has 0 aromatic heterocycles. The molecule has 26 heavy (non-hydrogen) atoms. The second kappa shape index (κ2) is 7.78. The Hall–Kier alpha value is -3.21. The smallest absolute Gasteiger partial charge is 0.203 e. The van der Waals surface area contributed by atoms with Crippen molar-refractivity contribution in [2.24, 2.45) is 0 Å². The first-order valence-electron chi connectivity index (χ1n) is 8.11. The summed E-state index contributed by atoms with van der Waals surface area (Å²) in [6.45, 7) is -0.107. The minimum absolute atomic E-state index is 0.107. The van der Waals surface area contributed by atoms with Gasteiger partial charge in [-0.25, -0.2) is 0 Å². The number of ether oxygens (including phenoxy) is 4. The van der Waals surface area contributed by atoms with Gasteiger partial charge in [-0.3, -0.25) is 4.79 Å². The molecular weight excluding hydrogens is 332 g/mol. The summed E-state index contributed by atoms with van der Waals surface area (Å²) < 4.78 is 21.6. The monoisotopic (exact) mass is 352 g/mol. The number of benzene rings is 3. The number of hydrogen-bond acceptors (Lipinski definition) is 5. The fourth-order valence-corrected chi connectivity index (χ4v) is 2.82. The minimum atomic E-state index is -0.164. The first-order valence-corrected chi connectivity index (χ1v) is 8.11. The molecule has 0 unspecified atom stereocenters. The van der Waals surface area contributed by atoms with E-state index in [1.165, 1.54) is 0 Å². The van der Waals surface area contributed by atoms with Crippen molar-refractivity contribution < 1.29 is 23.7 Å². The summed E-state index contributed by atoms with van der Waals surface area (Å²) in [5, 5.41) is 1.91. The zero-order chi connectivity index (χ0) is 18.5. The van der Waals surface area contributed by atoms with Crippen molar-refractivity contribution in [3.63, 3.8) is 0 Å². The van der Waals surface area contributed by atoms with E-state index in [1.54, 1.807) is 45.6 Å². The Bertz CT molecular complexity index is 933. The fraction of sp³-hybridized carbons (Fsp3) is 0.190. The van der Waals surface area contributed by atoms with E-state index >= 15 is 0 Å². The van der Waals surface area contributed by atoms with Crippen LogP contribution in [0.2, 0.25) is 0 Å². The quantitative estimate of drug-likeness (QED) is 0.599. The molecule has 5 nitrogen and oxygen atoms in total. The second-order valence-corrected chi connectivity index (χ2v) is 5.60. The average Bonchev–Trinajstić information content (AvgIpc) is 2.70. The number of carbonyl (C=O) groups is 1. The molecule has 3 aromatic rings. The van der Waals surface area contributed by atoms with Crippen LogP contribution in [0.3, 0.4) is 0 Å². The number of rotatable bonds is 7. The largest absolute Gasteiger partial charge is 0.495 e. The number of carbonyl (C=O) groups excluding carboxylic acids is 1. The highest BCUT2D eigenvalue weighted by atomic mass is 16.5. The number of ketones is 1. The van der Waals surface area contributed by atoms with Gasteiger partial charge in [0.1, 0.15) is 11.5 Å². The van der Waals surface area contributed by atoms with E-state index in [2.05, 4.69) is 0 Å². The molecule has 0 aliphatic heterocycles. The molecule has 0 fully saturated rings. The van der Waals surface area contributed by atoms with Crippen LogP contribution in [0.15, 0.2) is 54.6 Å². The van der Waals surface area contributed by atoms with Crippen LogP contribution < -0.4 is 18.9 Å². The maximum Gasteiger partial charge on any atom is 0.203 e. The SMILES string of the molecule is COc1ccc(OCC(=O)c2ccc3ccccc3c2OC)cc1OC. The fourth-order valence-electron chi connectivity index (χ4n) is 2.82. The Balaban J connectivity index is 1.81. The van der Waals surface area contributed by atoms with E-state index in [-0.39, 0.29) is 12.4 Å². The Kier molecular flexibility index (Phi) is 5.27. The molecule has 0 saturated carbocycles. The van der Waals surface area contributed by atoms with E-state index in [0.717, 1.165) is 10.8 Å². The lowest BCUT2D eigenvalue weighted by atomic mass is 10.0. The number of Topliss-reactive ketones (excluding diaryl/α,β-unsaturated/α-hetero) is 1. The molecule has 0 atom stereocenters. The van der Waals surface area contributed by atoms with Crippen LogP contribution in [0, 0.1) is 0 Å². The van der Waals surface area contributed by atoms with Gasteiger partial charge in [-0.15, -0.1) is 0 Å². The van der Waals surface area contributed by atoms with E-state index in [9.17, 15) is 4.79 Å². The van der Waals surface area contributed by atoms with Crippen LogP contribution in [0.5, 0.6) is 23.0 Å². The highest BCUT2D eigenvalue weighted by Crippen LogP contribution is 2.32. The third kappa shape index (κ3) is 3.42. The lowest BCUT2D eigenvalue weighted by molar-refractivity contribution is 0.0918. The topological polar surface area (TPSA) is 54.0 Å². The van der Waals surface area contributed by atoms with E-state index in [0.29, 0.717) is 28.6 Å². The molecule has 0 aliphatic carbocycles. The van der Waals surface area contributed by atoms with Crippen LogP contribution in [-0.2, 0) is 0 Å². The van der Waals surface area contributed by atoms with Crippen molar-refractivity contribution in [3.05, 3.63) is 60.2 Å². The molecule has 0 saturated heterocycles. The molecule has 0 heterocycles. The van der Waals surface area contributed by atoms with E-state index in [1.807, 2.05) is 30.3 Å². The van der Waals surface area contributed by atoms with Crippen molar-refractivity contribution in [1.82, 2.24) is 0 Å². The van der Waals surface area contributed by atoms with Gasteiger partial charge in [0, 0.05) is 11.5 Å². The molecule has 0 spiro atoms. The molecule has 5 heteroatoms. The third-order valence-electron chi connectivity index (χ3n) is 4.11. The maximum atomic E-state index is 12.7. The van der Waals surface area contributed by atoms with Gasteiger partial charge in [0.15, 0.2) is 18.1 Å². The summed E-state index contributed by atoms with van der Waals surface area (Å²) in [7, 11) is 4.67. The van der Waals surface area contributed by atoms with Crippen LogP contribution in [0.25, 0.3) is 10.8 Å². The third-order valence-corrected chi connectivity index (χ3v) is 4.11. The Morgan fingerprint density at radius 3 is 2.35 bits per heavy atom. The summed E-state index contributed by atoms with van der Waals surface area (Å²) >= 11 is 0. The minimum Gasteiger partial charge on any atom is -0.495 e. The molecule has 0 aliphatic rings. The van der Waals surface area contributed by atoms with Gasteiger partial charge in [-0.2, -0.15) is 0 Å². The molecular formula is C21H20O5. The van der Waals surface area contributed by atoms with Gasteiger partial charge in [0.2, 0.25) is 5.78 Å². The first kappa shape index (κ1) is 17.6. The highest BCUT2D eigenvalue weighted by Gasteiger charge is 2.16. The summed E-state index contributed by atoms with van der Waals surface area (Å²) in [6.07, 6.45) is 0. The Labute approximate surface area is 152 Å². The van der Waals surface area contributed by atoms with Crippen molar-refractivity contribution in [3.8, 4) is 23.0 Å². The number of fused-ring (bicyclic) bond motifs is 1. The maximum absolute atomic E-state index is 12.7. The van der Waals surface area contributed by atoms with E-state index in [4.69, 9.17) is 18.9 Å². The first-order chi connectivity index (χ1) is 12.7. The van der Waals surface area contributed by atoms with Gasteiger partial charge in [-0.05, 0) is 23.6 Å². The van der Waals surface area contributed by atoms with Gasteiger partial charge in [-0.1, -0.05) is 30.3 Å². The predicted molar refractivity (Wildman–Crippen MR) is 99.9 cm³/mol. The van der Waals surface area contributed by atoms with Crippen molar-refractivity contribution in [1.29, 1.82) is 0 Å².